The maximum atomic E-state index is 11.8. The normalized spacial score (nSPS) is 12.8. The first-order chi connectivity index (χ1) is 7.62. The molecule has 0 aliphatic rings. The summed E-state index contributed by atoms with van der Waals surface area (Å²) in [4.78, 5) is 3.54. The Morgan fingerprint density at radius 1 is 1.47 bits per heavy atom. The molecule has 0 amide bonds. The molecule has 0 saturated carbocycles. The van der Waals surface area contributed by atoms with Crippen LogP contribution in [0.2, 0.25) is 10.2 Å². The van der Waals surface area contributed by atoms with Gasteiger partial charge in [-0.25, -0.2) is 18.1 Å². The molecule has 0 aliphatic carbocycles. The third kappa shape index (κ3) is 4.40. The summed E-state index contributed by atoms with van der Waals surface area (Å²) in [5.74, 6) is 0. The van der Waals surface area contributed by atoms with Gasteiger partial charge >= 0.3 is 0 Å². The smallest absolute Gasteiger partial charge is 0.242 e. The Morgan fingerprint density at radius 3 is 2.53 bits per heavy atom. The molecule has 0 fully saturated rings. The molecule has 0 unspecified atom stereocenters. The molecule has 1 heterocycles. The van der Waals surface area contributed by atoms with Crippen molar-refractivity contribution in [2.75, 3.05) is 6.54 Å². The number of pyridine rings is 1. The Kier molecular flexibility index (Phi) is 4.38. The molecule has 0 spiro atoms. The number of nitrogens with one attached hydrogen (secondary N) is 1. The summed E-state index contributed by atoms with van der Waals surface area (Å²) in [5.41, 5.74) is -1.14. The van der Waals surface area contributed by atoms with Crippen LogP contribution >= 0.6 is 23.2 Å². The molecule has 1 aromatic rings. The average molecular weight is 299 g/mol. The molecule has 0 aromatic carbocycles. The van der Waals surface area contributed by atoms with Crippen LogP contribution in [0.25, 0.3) is 0 Å². The van der Waals surface area contributed by atoms with Crippen molar-refractivity contribution in [3.05, 3.63) is 22.4 Å². The highest BCUT2D eigenvalue weighted by molar-refractivity contribution is 7.89. The van der Waals surface area contributed by atoms with Crippen LogP contribution in [-0.4, -0.2) is 30.7 Å². The van der Waals surface area contributed by atoms with Crippen LogP contribution in [0.1, 0.15) is 13.8 Å². The van der Waals surface area contributed by atoms with Crippen molar-refractivity contribution in [1.29, 1.82) is 0 Å². The topological polar surface area (TPSA) is 79.3 Å². The summed E-state index contributed by atoms with van der Waals surface area (Å²) in [5, 5.41) is 9.53. The molecule has 1 rings (SSSR count). The molecule has 0 saturated heterocycles. The maximum absolute atomic E-state index is 11.8. The standard InChI is InChI=1S/C9H12Cl2N2O3S/c1-9(2,14)5-13-17(15,16)6-3-7(10)8(11)12-4-6/h3-4,13-14H,5H2,1-2H3. The monoisotopic (exact) mass is 298 g/mol. The number of nitrogens with zero attached hydrogens (tertiary/aromatic N) is 1. The summed E-state index contributed by atoms with van der Waals surface area (Å²) < 4.78 is 25.8. The number of aromatic nitrogens is 1. The van der Waals surface area contributed by atoms with Crippen molar-refractivity contribution in [2.24, 2.45) is 0 Å². The SMILES string of the molecule is CC(C)(O)CNS(=O)(=O)c1cnc(Cl)c(Cl)c1. The van der Waals surface area contributed by atoms with Gasteiger partial charge in [0, 0.05) is 12.7 Å². The van der Waals surface area contributed by atoms with Crippen molar-refractivity contribution in [3.8, 4) is 0 Å². The van der Waals surface area contributed by atoms with E-state index in [9.17, 15) is 13.5 Å². The van der Waals surface area contributed by atoms with Crippen LogP contribution < -0.4 is 4.72 Å². The van der Waals surface area contributed by atoms with Gasteiger partial charge in [0.25, 0.3) is 0 Å². The van der Waals surface area contributed by atoms with Crippen LogP contribution in [0.3, 0.4) is 0 Å². The van der Waals surface area contributed by atoms with Crippen LogP contribution in [0.5, 0.6) is 0 Å². The Labute approximate surface area is 110 Å². The fourth-order valence-electron chi connectivity index (χ4n) is 0.906. The summed E-state index contributed by atoms with van der Waals surface area (Å²) in [7, 11) is -3.75. The van der Waals surface area contributed by atoms with Crippen molar-refractivity contribution in [3.63, 3.8) is 0 Å². The van der Waals surface area contributed by atoms with E-state index in [-0.39, 0.29) is 21.6 Å². The average Bonchev–Trinajstić information content (AvgIpc) is 2.18. The fourth-order valence-corrected chi connectivity index (χ4v) is 2.41. The van der Waals surface area contributed by atoms with E-state index in [1.807, 2.05) is 0 Å². The van der Waals surface area contributed by atoms with Gasteiger partial charge in [-0.1, -0.05) is 23.2 Å². The molecular weight excluding hydrogens is 287 g/mol. The minimum atomic E-state index is -3.75. The number of aliphatic hydroxyl groups is 1. The third-order valence-corrected chi connectivity index (χ3v) is 3.83. The molecule has 0 aliphatic heterocycles. The lowest BCUT2D eigenvalue weighted by Gasteiger charge is -2.17. The van der Waals surface area contributed by atoms with Crippen LogP contribution in [0.4, 0.5) is 0 Å². The first-order valence-corrected chi connectivity index (χ1v) is 6.89. The van der Waals surface area contributed by atoms with E-state index in [2.05, 4.69) is 9.71 Å². The van der Waals surface area contributed by atoms with Crippen molar-refractivity contribution < 1.29 is 13.5 Å². The lowest BCUT2D eigenvalue weighted by molar-refractivity contribution is 0.0857. The molecule has 5 nitrogen and oxygen atoms in total. The summed E-state index contributed by atoms with van der Waals surface area (Å²) >= 11 is 11.3. The minimum absolute atomic E-state index is 0.0353. The van der Waals surface area contributed by atoms with E-state index in [0.717, 1.165) is 6.20 Å². The van der Waals surface area contributed by atoms with Gasteiger partial charge in [-0.3, -0.25) is 0 Å². The molecule has 1 aromatic heterocycles. The Balaban J connectivity index is 2.94. The van der Waals surface area contributed by atoms with E-state index >= 15 is 0 Å². The largest absolute Gasteiger partial charge is 0.389 e. The van der Waals surface area contributed by atoms with E-state index < -0.39 is 15.6 Å². The van der Waals surface area contributed by atoms with E-state index in [4.69, 9.17) is 23.2 Å². The van der Waals surface area contributed by atoms with Gasteiger partial charge in [0.05, 0.1) is 10.6 Å². The van der Waals surface area contributed by atoms with Gasteiger partial charge in [-0.2, -0.15) is 0 Å². The first kappa shape index (κ1) is 14.7. The molecule has 8 heteroatoms. The predicted molar refractivity (Wildman–Crippen MR) is 65.7 cm³/mol. The summed E-state index contributed by atoms with van der Waals surface area (Å²) in [6, 6.07) is 1.20. The summed E-state index contributed by atoms with van der Waals surface area (Å²) in [6.07, 6.45) is 1.10. The second kappa shape index (κ2) is 5.07. The zero-order valence-electron chi connectivity index (χ0n) is 9.24. The molecule has 17 heavy (non-hydrogen) atoms. The minimum Gasteiger partial charge on any atom is -0.389 e. The van der Waals surface area contributed by atoms with Gasteiger partial charge in [-0.05, 0) is 19.9 Å². The Bertz CT molecular complexity index is 511. The van der Waals surface area contributed by atoms with Gasteiger partial charge in [0.15, 0.2) is 0 Å². The summed E-state index contributed by atoms with van der Waals surface area (Å²) in [6.45, 7) is 2.86. The highest BCUT2D eigenvalue weighted by atomic mass is 35.5. The predicted octanol–water partition coefficient (Wildman–Crippen LogP) is 1.44. The lowest BCUT2D eigenvalue weighted by Crippen LogP contribution is -2.38. The number of rotatable bonds is 4. The zero-order chi connectivity index (χ0) is 13.3. The molecule has 96 valence electrons. The van der Waals surface area contributed by atoms with Crippen LogP contribution in [0.15, 0.2) is 17.2 Å². The van der Waals surface area contributed by atoms with Crippen molar-refractivity contribution >= 4 is 33.2 Å². The van der Waals surface area contributed by atoms with Gasteiger partial charge in [-0.15, -0.1) is 0 Å². The third-order valence-electron chi connectivity index (χ3n) is 1.78. The number of hydrogen-bond donors (Lipinski definition) is 2. The fraction of sp³-hybridized carbons (Fsp3) is 0.444. The second-order valence-electron chi connectivity index (χ2n) is 4.08. The zero-order valence-corrected chi connectivity index (χ0v) is 11.6. The Morgan fingerprint density at radius 2 is 2.06 bits per heavy atom. The van der Waals surface area contributed by atoms with Crippen LogP contribution in [0, 0.1) is 0 Å². The highest BCUT2D eigenvalue weighted by Crippen LogP contribution is 2.22. The molecule has 0 radical (unpaired) electrons. The lowest BCUT2D eigenvalue weighted by atomic mass is 10.1. The van der Waals surface area contributed by atoms with E-state index in [1.54, 1.807) is 0 Å². The van der Waals surface area contributed by atoms with Gasteiger partial charge in [0.2, 0.25) is 10.0 Å². The van der Waals surface area contributed by atoms with Gasteiger partial charge < -0.3 is 5.11 Å². The van der Waals surface area contributed by atoms with Crippen molar-refractivity contribution in [1.82, 2.24) is 9.71 Å². The molecule has 0 atom stereocenters. The number of halogens is 2. The number of sulfonamides is 1. The molecule has 0 bridgehead atoms. The van der Waals surface area contributed by atoms with Gasteiger partial charge in [0.1, 0.15) is 10.0 Å². The van der Waals surface area contributed by atoms with Crippen molar-refractivity contribution in [2.45, 2.75) is 24.3 Å². The van der Waals surface area contributed by atoms with Crippen LogP contribution in [-0.2, 0) is 10.0 Å². The number of hydrogen-bond acceptors (Lipinski definition) is 4. The van der Waals surface area contributed by atoms with E-state index in [0.29, 0.717) is 0 Å². The second-order valence-corrected chi connectivity index (χ2v) is 6.61. The molecule has 2 N–H and O–H groups in total. The molecular formula is C9H12Cl2N2O3S. The first-order valence-electron chi connectivity index (χ1n) is 4.65. The Hall–Kier alpha value is -0.400. The quantitative estimate of drug-likeness (QED) is 0.825. The maximum Gasteiger partial charge on any atom is 0.242 e. The van der Waals surface area contributed by atoms with E-state index in [1.165, 1.54) is 19.9 Å². The highest BCUT2D eigenvalue weighted by Gasteiger charge is 2.20.